The second kappa shape index (κ2) is 15.6. The van der Waals surface area contributed by atoms with Crippen LogP contribution < -0.4 is 0 Å². The summed E-state index contributed by atoms with van der Waals surface area (Å²) in [5, 5.41) is 0. The van der Waals surface area contributed by atoms with E-state index in [9.17, 15) is 43.2 Å². The van der Waals surface area contributed by atoms with E-state index in [-0.39, 0.29) is 36.8 Å². The van der Waals surface area contributed by atoms with Crippen molar-refractivity contribution in [2.45, 2.75) is 52.8 Å². The molecule has 15 heteroatoms. The molecule has 15 nitrogen and oxygen atoms in total. The normalized spacial score (nSPS) is 17.6. The number of imide groups is 3. The average Bonchev–Trinajstić information content (AvgIpc) is 3.53. The summed E-state index contributed by atoms with van der Waals surface area (Å²) >= 11 is 0. The van der Waals surface area contributed by atoms with Gasteiger partial charge in [0.05, 0.1) is 19.7 Å². The fourth-order valence-corrected chi connectivity index (χ4v) is 3.42. The Balaban J connectivity index is 0.000000308. The van der Waals surface area contributed by atoms with Crippen molar-refractivity contribution >= 4 is 53.4 Å². The Labute approximate surface area is 235 Å². The average molecular weight is 578 g/mol. The van der Waals surface area contributed by atoms with Gasteiger partial charge in [0.25, 0.3) is 35.4 Å². The van der Waals surface area contributed by atoms with Crippen LogP contribution in [-0.4, -0.2) is 106 Å². The van der Waals surface area contributed by atoms with E-state index in [0.717, 1.165) is 26.9 Å². The molecule has 0 aromatic carbocycles. The number of rotatable bonds is 8. The number of methoxy groups -OCH3 is 1. The lowest BCUT2D eigenvalue weighted by Gasteiger charge is -2.21. The molecule has 3 aliphatic heterocycles. The molecule has 0 aromatic heterocycles. The Hall–Kier alpha value is -4.95. The zero-order valence-corrected chi connectivity index (χ0v) is 23.4. The van der Waals surface area contributed by atoms with Crippen LogP contribution in [0, 0.1) is 0 Å². The van der Waals surface area contributed by atoms with E-state index >= 15 is 0 Å². The zero-order chi connectivity index (χ0) is 31.4. The van der Waals surface area contributed by atoms with Crippen LogP contribution in [0.15, 0.2) is 36.5 Å². The maximum atomic E-state index is 11.1. The van der Waals surface area contributed by atoms with Crippen molar-refractivity contribution in [1.82, 2.24) is 14.7 Å². The zero-order valence-electron chi connectivity index (χ0n) is 23.4. The van der Waals surface area contributed by atoms with Gasteiger partial charge in [0.1, 0.15) is 18.8 Å². The van der Waals surface area contributed by atoms with Gasteiger partial charge in [0.15, 0.2) is 0 Å². The summed E-state index contributed by atoms with van der Waals surface area (Å²) in [6.45, 7) is 7.40. The van der Waals surface area contributed by atoms with Crippen molar-refractivity contribution in [3.8, 4) is 0 Å². The lowest BCUT2D eigenvalue weighted by atomic mass is 10.3. The third-order valence-electron chi connectivity index (χ3n) is 5.29. The van der Waals surface area contributed by atoms with Crippen molar-refractivity contribution in [1.29, 1.82) is 0 Å². The van der Waals surface area contributed by atoms with Gasteiger partial charge in [0, 0.05) is 50.3 Å². The predicted octanol–water partition coefficient (Wildman–Crippen LogP) is -0.801. The van der Waals surface area contributed by atoms with Crippen molar-refractivity contribution in [2.24, 2.45) is 0 Å². The Morgan fingerprint density at radius 2 is 1.10 bits per heavy atom. The third-order valence-corrected chi connectivity index (χ3v) is 5.29. The molecule has 0 saturated heterocycles. The number of amides is 6. The van der Waals surface area contributed by atoms with Crippen molar-refractivity contribution in [3.63, 3.8) is 0 Å². The highest BCUT2D eigenvalue weighted by Gasteiger charge is 2.33. The highest BCUT2D eigenvalue weighted by atomic mass is 16.5. The van der Waals surface area contributed by atoms with Gasteiger partial charge in [-0.05, 0) is 20.8 Å². The molecule has 41 heavy (non-hydrogen) atoms. The van der Waals surface area contributed by atoms with Crippen LogP contribution >= 0.6 is 0 Å². The molecule has 3 heterocycles. The van der Waals surface area contributed by atoms with Crippen molar-refractivity contribution in [3.05, 3.63) is 36.5 Å². The van der Waals surface area contributed by atoms with Crippen LogP contribution in [0.4, 0.5) is 0 Å². The Bertz CT molecular complexity index is 1150. The minimum absolute atomic E-state index is 0.0362. The molecule has 3 atom stereocenters. The maximum absolute atomic E-state index is 11.1. The summed E-state index contributed by atoms with van der Waals surface area (Å²) in [5.74, 6) is -3.89. The number of carbonyl (C=O) groups excluding carboxylic acids is 9. The number of ether oxygens (including phenoxy) is 3. The lowest BCUT2D eigenvalue weighted by Crippen LogP contribution is -2.43. The van der Waals surface area contributed by atoms with Crippen LogP contribution in [-0.2, 0) is 57.4 Å². The van der Waals surface area contributed by atoms with Gasteiger partial charge >= 0.3 is 17.9 Å². The van der Waals surface area contributed by atoms with E-state index in [4.69, 9.17) is 9.47 Å². The van der Waals surface area contributed by atoms with Gasteiger partial charge in [-0.15, -0.1) is 0 Å². The monoisotopic (exact) mass is 577 g/mol. The molecule has 0 N–H and O–H groups in total. The van der Waals surface area contributed by atoms with Crippen LogP contribution in [0.3, 0.4) is 0 Å². The van der Waals surface area contributed by atoms with Gasteiger partial charge in [-0.1, -0.05) is 0 Å². The van der Waals surface area contributed by atoms with Gasteiger partial charge in [-0.3, -0.25) is 53.1 Å². The number of hydrogen-bond donors (Lipinski definition) is 0. The van der Waals surface area contributed by atoms with Crippen LogP contribution in [0.1, 0.15) is 34.6 Å². The fraction of sp³-hybridized carbons (Fsp3) is 0.423. The summed E-state index contributed by atoms with van der Waals surface area (Å²) < 4.78 is 13.9. The SMILES string of the molecule is CC(=O)OC(C)CN1C(=O)C=CC1=O.CC(=O)OCC(C)N1C(=O)C=CC1=O.COC(=O)C(C)N1C(=O)C=CC1=O. The van der Waals surface area contributed by atoms with Gasteiger partial charge in [-0.2, -0.15) is 0 Å². The fourth-order valence-electron chi connectivity index (χ4n) is 3.42. The summed E-state index contributed by atoms with van der Waals surface area (Å²) in [7, 11) is 1.21. The van der Waals surface area contributed by atoms with E-state index in [0.29, 0.717) is 0 Å². The predicted molar refractivity (Wildman–Crippen MR) is 137 cm³/mol. The Kier molecular flexibility index (Phi) is 13.0. The van der Waals surface area contributed by atoms with E-state index in [1.807, 2.05) is 0 Å². The lowest BCUT2D eigenvalue weighted by molar-refractivity contribution is -0.154. The molecule has 0 aliphatic carbocycles. The topological polar surface area (TPSA) is 191 Å². The smallest absolute Gasteiger partial charge is 0.328 e. The molecule has 6 amide bonds. The second-order valence-corrected chi connectivity index (χ2v) is 8.65. The quantitative estimate of drug-likeness (QED) is 0.198. The summed E-state index contributed by atoms with van der Waals surface area (Å²) in [4.78, 5) is 102. The minimum atomic E-state index is -0.861. The highest BCUT2D eigenvalue weighted by Crippen LogP contribution is 2.10. The molecular formula is C26H31N3O12. The van der Waals surface area contributed by atoms with Crippen LogP contribution in [0.25, 0.3) is 0 Å². The van der Waals surface area contributed by atoms with Crippen molar-refractivity contribution < 1.29 is 57.4 Å². The molecule has 0 spiro atoms. The maximum Gasteiger partial charge on any atom is 0.328 e. The van der Waals surface area contributed by atoms with Gasteiger partial charge in [0.2, 0.25) is 0 Å². The molecule has 0 saturated carbocycles. The highest BCUT2D eigenvalue weighted by molar-refractivity contribution is 6.15. The minimum Gasteiger partial charge on any atom is -0.467 e. The van der Waals surface area contributed by atoms with E-state index in [1.54, 1.807) is 13.8 Å². The molecule has 0 bridgehead atoms. The standard InChI is InChI=1S/2C9H11NO4.C8H9NO4/c1-6(5-14-7(2)11)10-8(12)3-4-9(10)13;1-6(14-7(2)11)5-10-8(12)3-4-9(10)13;1-5(8(12)13-2)9-6(10)3-4-7(9)11/h2*3-4,6H,5H2,1-2H3;3-5H,1-2H3. The number of esters is 3. The largest absolute Gasteiger partial charge is 0.467 e. The number of carbonyl (C=O) groups is 9. The first-order valence-corrected chi connectivity index (χ1v) is 12.1. The van der Waals surface area contributed by atoms with Gasteiger partial charge < -0.3 is 14.2 Å². The molecule has 0 aromatic rings. The van der Waals surface area contributed by atoms with Crippen molar-refractivity contribution in [2.75, 3.05) is 20.3 Å². The number of nitrogens with zero attached hydrogens (tertiary/aromatic N) is 3. The number of hydrogen-bond acceptors (Lipinski definition) is 12. The Morgan fingerprint density at radius 1 is 0.683 bits per heavy atom. The molecular weight excluding hydrogens is 546 g/mol. The molecule has 3 aliphatic rings. The van der Waals surface area contributed by atoms with Crippen LogP contribution in [0.2, 0.25) is 0 Å². The molecule has 3 rings (SSSR count). The molecule has 222 valence electrons. The summed E-state index contributed by atoms with van der Waals surface area (Å²) in [6, 6.07) is -1.28. The molecule has 3 unspecified atom stereocenters. The first-order valence-electron chi connectivity index (χ1n) is 12.1. The second-order valence-electron chi connectivity index (χ2n) is 8.65. The first-order chi connectivity index (χ1) is 19.1. The van der Waals surface area contributed by atoms with E-state index in [2.05, 4.69) is 4.74 Å². The van der Waals surface area contributed by atoms with Gasteiger partial charge in [-0.25, -0.2) is 4.79 Å². The third kappa shape index (κ3) is 10.3. The van der Waals surface area contributed by atoms with E-state index < -0.39 is 47.9 Å². The first kappa shape index (κ1) is 34.1. The summed E-state index contributed by atoms with van der Waals surface area (Å²) in [5.41, 5.74) is 0. The Morgan fingerprint density at radius 3 is 1.49 bits per heavy atom. The van der Waals surface area contributed by atoms with E-state index in [1.165, 1.54) is 52.2 Å². The molecule has 0 fully saturated rings. The summed E-state index contributed by atoms with van der Waals surface area (Å²) in [6.07, 6.45) is 6.58. The van der Waals surface area contributed by atoms with Crippen LogP contribution in [0.5, 0.6) is 0 Å². The molecule has 0 radical (unpaired) electrons.